The molecule has 0 unspecified atom stereocenters. The summed E-state index contributed by atoms with van der Waals surface area (Å²) in [7, 11) is 3.02. The van der Waals surface area contributed by atoms with Gasteiger partial charge in [0.05, 0.1) is 38.5 Å². The van der Waals surface area contributed by atoms with Crippen LogP contribution in [0.2, 0.25) is 0 Å². The number of carbonyl (C=O) groups is 3. The van der Waals surface area contributed by atoms with Gasteiger partial charge in [-0.2, -0.15) is 13.2 Å². The first kappa shape index (κ1) is 36.3. The smallest absolute Gasteiger partial charge is 0.491 e. The number of hydrogen-bond acceptors (Lipinski definition) is 9. The summed E-state index contributed by atoms with van der Waals surface area (Å²) in [5.41, 5.74) is 0.783. The van der Waals surface area contributed by atoms with Crippen molar-refractivity contribution >= 4 is 23.5 Å². The van der Waals surface area contributed by atoms with Crippen LogP contribution >= 0.6 is 0 Å². The lowest BCUT2D eigenvalue weighted by molar-refractivity contribution is -0.189. The van der Waals surface area contributed by atoms with Crippen LogP contribution in [0.1, 0.15) is 71.5 Å². The molecule has 0 atom stereocenters. The van der Waals surface area contributed by atoms with E-state index in [1.54, 1.807) is 39.8 Å². The fraction of sp³-hybridized carbons (Fsp3) is 0.500. The van der Waals surface area contributed by atoms with Crippen molar-refractivity contribution in [1.82, 2.24) is 10.2 Å². The Balaban J connectivity index is 1.94. The molecule has 1 aliphatic heterocycles. The van der Waals surface area contributed by atoms with Crippen LogP contribution in [-0.2, 0) is 26.2 Å². The second kappa shape index (κ2) is 15.4. The van der Waals surface area contributed by atoms with Gasteiger partial charge in [0, 0.05) is 50.4 Å². The number of ketones is 1. The molecule has 1 heterocycles. The van der Waals surface area contributed by atoms with Gasteiger partial charge in [-0.15, -0.1) is 0 Å². The number of methoxy groups -OCH3 is 1. The molecule has 0 aromatic heterocycles. The number of alkyl halides is 3. The molecule has 2 aromatic rings. The highest BCUT2D eigenvalue weighted by molar-refractivity contribution is 6.07. The van der Waals surface area contributed by atoms with Gasteiger partial charge < -0.3 is 33.9 Å². The van der Waals surface area contributed by atoms with Gasteiger partial charge in [0.1, 0.15) is 11.6 Å². The van der Waals surface area contributed by atoms with Crippen molar-refractivity contribution in [3.8, 4) is 17.2 Å². The van der Waals surface area contributed by atoms with Crippen molar-refractivity contribution in [2.75, 3.05) is 53.7 Å². The van der Waals surface area contributed by atoms with E-state index < -0.39 is 29.1 Å². The molecule has 11 nitrogen and oxygen atoms in total. The molecule has 0 saturated heterocycles. The van der Waals surface area contributed by atoms with Crippen molar-refractivity contribution in [3.63, 3.8) is 0 Å². The van der Waals surface area contributed by atoms with Crippen LogP contribution in [0, 0.1) is 5.41 Å². The highest BCUT2D eigenvalue weighted by atomic mass is 19.4. The largest absolute Gasteiger partial charge is 0.493 e. The molecule has 2 N–H and O–H groups in total. The minimum Gasteiger partial charge on any atom is -0.493 e. The number of hydrogen-bond donors (Lipinski definition) is 2. The molecule has 0 spiro atoms. The third kappa shape index (κ3) is 8.97. The Hall–Kier alpha value is -4.17. The van der Waals surface area contributed by atoms with Crippen molar-refractivity contribution in [1.29, 1.82) is 5.41 Å². The molecule has 252 valence electrons. The second-order valence-electron chi connectivity index (χ2n) is 11.4. The summed E-state index contributed by atoms with van der Waals surface area (Å²) >= 11 is 0. The third-order valence-corrected chi connectivity index (χ3v) is 6.98. The summed E-state index contributed by atoms with van der Waals surface area (Å²) in [6.45, 7) is 8.12. The van der Waals surface area contributed by atoms with Crippen LogP contribution in [0.5, 0.6) is 17.2 Å². The van der Waals surface area contributed by atoms with E-state index in [1.807, 2.05) is 0 Å². The van der Waals surface area contributed by atoms with Crippen LogP contribution in [0.3, 0.4) is 0 Å². The van der Waals surface area contributed by atoms with Gasteiger partial charge in [-0.25, -0.2) is 4.79 Å². The van der Waals surface area contributed by atoms with Crippen LogP contribution in [0.25, 0.3) is 0 Å². The molecule has 0 aliphatic carbocycles. The lowest BCUT2D eigenvalue weighted by Gasteiger charge is -2.26. The summed E-state index contributed by atoms with van der Waals surface area (Å²) in [6, 6.07) is 5.85. The average Bonchev–Trinajstić information content (AvgIpc) is 3.28. The lowest BCUT2D eigenvalue weighted by Crippen LogP contribution is -2.31. The first-order valence-corrected chi connectivity index (χ1v) is 14.7. The van der Waals surface area contributed by atoms with E-state index in [2.05, 4.69) is 5.32 Å². The summed E-state index contributed by atoms with van der Waals surface area (Å²) in [5.74, 6) is -3.53. The van der Waals surface area contributed by atoms with E-state index in [1.165, 1.54) is 31.2 Å². The Kier molecular flexibility index (Phi) is 12.2. The molecule has 14 heteroatoms. The molecule has 2 aromatic carbocycles. The number of nitrogens with zero attached hydrogens (tertiary/aromatic N) is 1. The Labute approximate surface area is 265 Å². The molecule has 0 bridgehead atoms. The van der Waals surface area contributed by atoms with Crippen molar-refractivity contribution in [2.45, 2.75) is 52.3 Å². The normalized spacial score (nSPS) is 13.0. The quantitative estimate of drug-likeness (QED) is 0.122. The molecule has 3 rings (SSSR count). The molecular weight excluding hydrogens is 611 g/mol. The van der Waals surface area contributed by atoms with Gasteiger partial charge in [0.25, 0.3) is 5.91 Å². The first-order valence-electron chi connectivity index (χ1n) is 14.7. The van der Waals surface area contributed by atoms with E-state index in [4.69, 9.17) is 29.1 Å². The standard InChI is InChI=1S/C32H40F3N3O8/c1-7-44-25-15-20-17-38(28(36)21(20)16-22(25)29(40)37-5)18-24(39)19-13-23(31(2,3)4)27(46-30(41)32(33,34)35)26(14-19)45-10-8-9-43-12-11-42-6/h13-16,36H,7-12,17-18H2,1-6H3,(H,37,40). The van der Waals surface area contributed by atoms with Crippen LogP contribution in [-0.4, -0.2) is 88.3 Å². The molecule has 0 saturated carbocycles. The number of carbonyl (C=O) groups excluding carboxylic acids is 3. The zero-order chi connectivity index (χ0) is 34.2. The fourth-order valence-electron chi connectivity index (χ4n) is 4.69. The maximum atomic E-state index is 13.7. The highest BCUT2D eigenvalue weighted by Gasteiger charge is 2.43. The maximum absolute atomic E-state index is 13.7. The molecule has 1 amide bonds. The predicted octanol–water partition coefficient (Wildman–Crippen LogP) is 4.67. The lowest BCUT2D eigenvalue weighted by atomic mass is 9.84. The average molecular weight is 652 g/mol. The van der Waals surface area contributed by atoms with Gasteiger partial charge in [-0.1, -0.05) is 20.8 Å². The van der Waals surface area contributed by atoms with E-state index in [-0.39, 0.29) is 60.5 Å². The maximum Gasteiger partial charge on any atom is 0.491 e. The van der Waals surface area contributed by atoms with E-state index in [0.717, 1.165) is 0 Å². The topological polar surface area (TPSA) is 136 Å². The number of amides is 1. The highest BCUT2D eigenvalue weighted by Crippen LogP contribution is 2.41. The van der Waals surface area contributed by atoms with Crippen LogP contribution in [0.15, 0.2) is 24.3 Å². The summed E-state index contributed by atoms with van der Waals surface area (Å²) < 4.78 is 66.3. The Bertz CT molecular complexity index is 1450. The number of fused-ring (bicyclic) bond motifs is 1. The summed E-state index contributed by atoms with van der Waals surface area (Å²) in [4.78, 5) is 39.6. The SMILES string of the molecule is CCOc1cc2c(cc1C(=O)NC)C(=N)N(CC(=O)c1cc(OCCCOCCOC)c(OC(=O)C(F)(F)F)c(C(C)(C)C)c1)C2. The minimum atomic E-state index is -5.26. The van der Waals surface area contributed by atoms with Crippen molar-refractivity contribution < 1.29 is 51.2 Å². The Morgan fingerprint density at radius 2 is 1.70 bits per heavy atom. The first-order chi connectivity index (χ1) is 21.6. The monoisotopic (exact) mass is 651 g/mol. The molecule has 1 aliphatic rings. The molecule has 0 fully saturated rings. The zero-order valence-corrected chi connectivity index (χ0v) is 26.8. The number of halogens is 3. The van der Waals surface area contributed by atoms with Crippen molar-refractivity contribution in [3.05, 3.63) is 52.1 Å². The Morgan fingerprint density at radius 1 is 0.978 bits per heavy atom. The van der Waals surface area contributed by atoms with Crippen LogP contribution < -0.4 is 19.5 Å². The number of amidine groups is 1. The third-order valence-electron chi connectivity index (χ3n) is 6.98. The van der Waals surface area contributed by atoms with Gasteiger partial charge in [0.2, 0.25) is 0 Å². The molecule has 0 radical (unpaired) electrons. The van der Waals surface area contributed by atoms with Gasteiger partial charge in [-0.3, -0.25) is 15.0 Å². The minimum absolute atomic E-state index is 0.00725. The van der Waals surface area contributed by atoms with E-state index in [0.29, 0.717) is 43.1 Å². The number of nitrogens with one attached hydrogen (secondary N) is 2. The number of ether oxygens (including phenoxy) is 5. The number of rotatable bonds is 15. The number of benzene rings is 2. The van der Waals surface area contributed by atoms with Gasteiger partial charge >= 0.3 is 12.1 Å². The number of Topliss-reactive ketones (excluding diaryl/α,β-unsaturated/α-hetero) is 1. The summed E-state index contributed by atoms with van der Waals surface area (Å²) in [6.07, 6.45) is -4.91. The predicted molar refractivity (Wildman–Crippen MR) is 162 cm³/mol. The summed E-state index contributed by atoms with van der Waals surface area (Å²) in [5, 5.41) is 11.3. The van der Waals surface area contributed by atoms with Gasteiger partial charge in [-0.05, 0) is 42.2 Å². The van der Waals surface area contributed by atoms with E-state index in [9.17, 15) is 27.6 Å². The van der Waals surface area contributed by atoms with Crippen molar-refractivity contribution in [2.24, 2.45) is 0 Å². The zero-order valence-electron chi connectivity index (χ0n) is 26.8. The van der Waals surface area contributed by atoms with Crippen LogP contribution in [0.4, 0.5) is 13.2 Å². The fourth-order valence-corrected chi connectivity index (χ4v) is 4.69. The van der Waals surface area contributed by atoms with Gasteiger partial charge in [0.15, 0.2) is 17.3 Å². The molecule has 46 heavy (non-hydrogen) atoms. The van der Waals surface area contributed by atoms with E-state index >= 15 is 0 Å². The number of esters is 1. The Morgan fingerprint density at radius 3 is 2.30 bits per heavy atom. The second-order valence-corrected chi connectivity index (χ2v) is 11.4. The molecular formula is C32H40F3N3O8.